The maximum Gasteiger partial charge on any atom is 0.231 e. The molecule has 1 saturated heterocycles. The van der Waals surface area contributed by atoms with Gasteiger partial charge in [-0.1, -0.05) is 12.1 Å². The van der Waals surface area contributed by atoms with Crippen molar-refractivity contribution in [3.8, 4) is 5.75 Å². The SMILES string of the molecule is CCOc1ccc([C@@H]2NC(=O)CS2)cc1. The fourth-order valence-electron chi connectivity index (χ4n) is 1.47. The second-order valence-corrected chi connectivity index (χ2v) is 4.35. The molecule has 2 rings (SSSR count). The monoisotopic (exact) mass is 223 g/mol. The summed E-state index contributed by atoms with van der Waals surface area (Å²) >= 11 is 1.62. The lowest BCUT2D eigenvalue weighted by Crippen LogP contribution is -2.18. The number of amides is 1. The van der Waals surface area contributed by atoms with Gasteiger partial charge in [0.2, 0.25) is 5.91 Å². The van der Waals surface area contributed by atoms with Crippen LogP contribution in [-0.4, -0.2) is 18.3 Å². The molecule has 80 valence electrons. The van der Waals surface area contributed by atoms with Crippen LogP contribution in [0.25, 0.3) is 0 Å². The quantitative estimate of drug-likeness (QED) is 0.851. The van der Waals surface area contributed by atoms with E-state index in [9.17, 15) is 4.79 Å². The summed E-state index contributed by atoms with van der Waals surface area (Å²) in [4.78, 5) is 11.0. The van der Waals surface area contributed by atoms with Crippen molar-refractivity contribution in [2.45, 2.75) is 12.3 Å². The average Bonchev–Trinajstić information content (AvgIpc) is 2.67. The molecule has 1 fully saturated rings. The van der Waals surface area contributed by atoms with Crippen molar-refractivity contribution in [3.05, 3.63) is 29.8 Å². The van der Waals surface area contributed by atoms with Gasteiger partial charge in [0.25, 0.3) is 0 Å². The first-order valence-corrected chi connectivity index (χ1v) is 5.98. The lowest BCUT2D eigenvalue weighted by atomic mass is 10.2. The molecular formula is C11H13NO2S. The van der Waals surface area contributed by atoms with Gasteiger partial charge in [0.15, 0.2) is 0 Å². The van der Waals surface area contributed by atoms with Crippen LogP contribution in [0.1, 0.15) is 17.9 Å². The second-order valence-electron chi connectivity index (χ2n) is 3.26. The third kappa shape index (κ3) is 2.45. The summed E-state index contributed by atoms with van der Waals surface area (Å²) < 4.78 is 5.35. The standard InChI is InChI=1S/C11H13NO2S/c1-2-14-9-5-3-8(4-6-9)11-12-10(13)7-15-11/h3-6,11H,2,7H2,1H3,(H,12,13)/t11-/m1/s1. The lowest BCUT2D eigenvalue weighted by Gasteiger charge is -2.10. The van der Waals surface area contributed by atoms with Gasteiger partial charge in [-0.25, -0.2) is 0 Å². The Labute approximate surface area is 93.2 Å². The first-order chi connectivity index (χ1) is 7.29. The van der Waals surface area contributed by atoms with Crippen LogP contribution in [-0.2, 0) is 4.79 Å². The number of rotatable bonds is 3. The Morgan fingerprint density at radius 3 is 2.73 bits per heavy atom. The van der Waals surface area contributed by atoms with E-state index in [2.05, 4.69) is 5.32 Å². The summed E-state index contributed by atoms with van der Waals surface area (Å²) in [7, 11) is 0. The van der Waals surface area contributed by atoms with E-state index < -0.39 is 0 Å². The number of hydrogen-bond donors (Lipinski definition) is 1. The molecule has 1 aliphatic heterocycles. The van der Waals surface area contributed by atoms with Gasteiger partial charge in [-0.15, -0.1) is 11.8 Å². The Hall–Kier alpha value is -1.16. The van der Waals surface area contributed by atoms with Gasteiger partial charge < -0.3 is 10.1 Å². The van der Waals surface area contributed by atoms with Crippen LogP contribution in [0.3, 0.4) is 0 Å². The van der Waals surface area contributed by atoms with Crippen molar-refractivity contribution < 1.29 is 9.53 Å². The maximum absolute atomic E-state index is 11.0. The van der Waals surface area contributed by atoms with Crippen LogP contribution in [0, 0.1) is 0 Å². The highest BCUT2D eigenvalue weighted by atomic mass is 32.2. The van der Waals surface area contributed by atoms with Gasteiger partial charge in [-0.2, -0.15) is 0 Å². The van der Waals surface area contributed by atoms with Crippen LogP contribution >= 0.6 is 11.8 Å². The maximum atomic E-state index is 11.0. The molecule has 0 spiro atoms. The van der Waals surface area contributed by atoms with Crippen LogP contribution in [0.5, 0.6) is 5.75 Å². The number of nitrogens with one attached hydrogen (secondary N) is 1. The number of ether oxygens (including phenoxy) is 1. The smallest absolute Gasteiger partial charge is 0.231 e. The molecular weight excluding hydrogens is 210 g/mol. The molecule has 0 saturated carbocycles. The summed E-state index contributed by atoms with van der Waals surface area (Å²) in [5.41, 5.74) is 1.12. The lowest BCUT2D eigenvalue weighted by molar-refractivity contribution is -0.118. The number of carbonyl (C=O) groups is 1. The van der Waals surface area contributed by atoms with Gasteiger partial charge in [-0.05, 0) is 24.6 Å². The van der Waals surface area contributed by atoms with E-state index in [0.717, 1.165) is 11.3 Å². The van der Waals surface area contributed by atoms with Gasteiger partial charge >= 0.3 is 0 Å². The van der Waals surface area contributed by atoms with E-state index in [0.29, 0.717) is 12.4 Å². The van der Waals surface area contributed by atoms with E-state index >= 15 is 0 Å². The normalized spacial score (nSPS) is 20.1. The average molecular weight is 223 g/mol. The molecule has 4 heteroatoms. The van der Waals surface area contributed by atoms with E-state index in [1.165, 1.54) is 0 Å². The van der Waals surface area contributed by atoms with Crippen molar-refractivity contribution in [1.82, 2.24) is 5.32 Å². The summed E-state index contributed by atoms with van der Waals surface area (Å²) in [6.45, 7) is 2.63. The first kappa shape index (κ1) is 10.4. The third-order valence-electron chi connectivity index (χ3n) is 2.17. The predicted octanol–water partition coefficient (Wildman–Crippen LogP) is 1.95. The molecule has 0 aliphatic carbocycles. The van der Waals surface area contributed by atoms with Crippen molar-refractivity contribution in [3.63, 3.8) is 0 Å². The first-order valence-electron chi connectivity index (χ1n) is 4.93. The van der Waals surface area contributed by atoms with Gasteiger partial charge in [0.05, 0.1) is 12.4 Å². The Morgan fingerprint density at radius 1 is 1.47 bits per heavy atom. The minimum Gasteiger partial charge on any atom is -0.494 e. The molecule has 1 atom stereocenters. The summed E-state index contributed by atoms with van der Waals surface area (Å²) in [6.07, 6.45) is 0. The van der Waals surface area contributed by atoms with Crippen molar-refractivity contribution in [2.24, 2.45) is 0 Å². The molecule has 1 aliphatic rings. The fourth-order valence-corrected chi connectivity index (χ4v) is 2.44. The zero-order chi connectivity index (χ0) is 10.7. The Balaban J connectivity index is 2.06. The molecule has 1 amide bonds. The number of thioether (sulfide) groups is 1. The topological polar surface area (TPSA) is 38.3 Å². The Morgan fingerprint density at radius 2 is 2.20 bits per heavy atom. The Kier molecular flexibility index (Phi) is 3.16. The molecule has 3 nitrogen and oxygen atoms in total. The number of benzene rings is 1. The number of carbonyl (C=O) groups excluding carboxylic acids is 1. The largest absolute Gasteiger partial charge is 0.494 e. The van der Waals surface area contributed by atoms with Gasteiger partial charge in [0.1, 0.15) is 11.1 Å². The summed E-state index contributed by atoms with van der Waals surface area (Å²) in [5.74, 6) is 1.53. The molecule has 0 aromatic heterocycles. The zero-order valence-corrected chi connectivity index (χ0v) is 9.34. The highest BCUT2D eigenvalue weighted by Crippen LogP contribution is 2.31. The summed E-state index contributed by atoms with van der Waals surface area (Å²) in [5, 5.41) is 3.01. The minimum absolute atomic E-state index is 0.105. The Bertz CT molecular complexity index is 350. The zero-order valence-electron chi connectivity index (χ0n) is 8.53. The molecule has 1 heterocycles. The fraction of sp³-hybridized carbons (Fsp3) is 0.364. The van der Waals surface area contributed by atoms with Crippen LogP contribution in [0.15, 0.2) is 24.3 Å². The predicted molar refractivity (Wildman–Crippen MR) is 61.0 cm³/mol. The van der Waals surface area contributed by atoms with Crippen LogP contribution in [0.2, 0.25) is 0 Å². The van der Waals surface area contributed by atoms with Crippen LogP contribution < -0.4 is 10.1 Å². The van der Waals surface area contributed by atoms with E-state index in [1.54, 1.807) is 11.8 Å². The van der Waals surface area contributed by atoms with Gasteiger partial charge in [0, 0.05) is 0 Å². The number of hydrogen-bond acceptors (Lipinski definition) is 3. The molecule has 1 N–H and O–H groups in total. The van der Waals surface area contributed by atoms with Crippen molar-refractivity contribution in [2.75, 3.05) is 12.4 Å². The van der Waals surface area contributed by atoms with E-state index in [-0.39, 0.29) is 11.3 Å². The van der Waals surface area contributed by atoms with E-state index in [1.807, 2.05) is 31.2 Å². The van der Waals surface area contributed by atoms with Gasteiger partial charge in [-0.3, -0.25) is 4.79 Å². The molecule has 1 aromatic rings. The van der Waals surface area contributed by atoms with E-state index in [4.69, 9.17) is 4.74 Å². The molecule has 0 unspecified atom stereocenters. The highest BCUT2D eigenvalue weighted by Gasteiger charge is 2.22. The van der Waals surface area contributed by atoms with Crippen molar-refractivity contribution in [1.29, 1.82) is 0 Å². The molecule has 0 bridgehead atoms. The molecule has 0 radical (unpaired) electrons. The molecule has 15 heavy (non-hydrogen) atoms. The highest BCUT2D eigenvalue weighted by molar-refractivity contribution is 8.00. The van der Waals surface area contributed by atoms with Crippen LogP contribution in [0.4, 0.5) is 0 Å². The van der Waals surface area contributed by atoms with Crippen molar-refractivity contribution >= 4 is 17.7 Å². The summed E-state index contributed by atoms with van der Waals surface area (Å²) in [6, 6.07) is 7.86. The third-order valence-corrected chi connectivity index (χ3v) is 3.32. The minimum atomic E-state index is 0.105. The second kappa shape index (κ2) is 4.57. The molecule has 1 aromatic carbocycles.